The van der Waals surface area contributed by atoms with Crippen molar-refractivity contribution >= 4 is 5.91 Å². The molecule has 1 aliphatic rings. The van der Waals surface area contributed by atoms with Gasteiger partial charge in [0, 0.05) is 12.2 Å². The number of carbonyl (C=O) groups excluding carboxylic acids is 1. The Kier molecular flexibility index (Phi) is 4.48. The van der Waals surface area contributed by atoms with Gasteiger partial charge in [0.25, 0.3) is 0 Å². The lowest BCUT2D eigenvalue weighted by molar-refractivity contribution is -0.123. The second kappa shape index (κ2) is 5.95. The second-order valence-corrected chi connectivity index (χ2v) is 6.27. The molecule has 112 valence electrons. The lowest BCUT2D eigenvalue weighted by Crippen LogP contribution is -2.46. The van der Waals surface area contributed by atoms with Gasteiger partial charge in [0.05, 0.1) is 11.3 Å². The number of amides is 1. The normalized spacial score (nSPS) is 26.5. The van der Waals surface area contributed by atoms with Gasteiger partial charge in [-0.2, -0.15) is 5.10 Å². The zero-order valence-electron chi connectivity index (χ0n) is 12.6. The molecule has 0 saturated heterocycles. The molecule has 1 saturated carbocycles. The van der Waals surface area contributed by atoms with Crippen molar-refractivity contribution in [3.63, 3.8) is 0 Å². The molecule has 1 aliphatic carbocycles. The molecule has 1 fully saturated rings. The number of aromatic nitrogens is 2. The summed E-state index contributed by atoms with van der Waals surface area (Å²) in [6, 6.07) is 1.95. The van der Waals surface area contributed by atoms with Gasteiger partial charge in [0.15, 0.2) is 0 Å². The highest BCUT2D eigenvalue weighted by Gasteiger charge is 2.31. The average molecular weight is 279 g/mol. The van der Waals surface area contributed by atoms with Crippen molar-refractivity contribution in [2.45, 2.75) is 58.6 Å². The van der Waals surface area contributed by atoms with E-state index < -0.39 is 5.60 Å². The van der Waals surface area contributed by atoms with Crippen molar-refractivity contribution in [3.8, 4) is 0 Å². The van der Waals surface area contributed by atoms with Crippen LogP contribution in [0.4, 0.5) is 0 Å². The SMILES string of the molecule is Cc1cc(C)n(CC(=O)NCC2(O)CCC(C)CC2)n1. The quantitative estimate of drug-likeness (QED) is 0.879. The van der Waals surface area contributed by atoms with Crippen LogP contribution in [0.15, 0.2) is 6.07 Å². The minimum absolute atomic E-state index is 0.0942. The first-order valence-electron chi connectivity index (χ1n) is 7.38. The summed E-state index contributed by atoms with van der Waals surface area (Å²) in [4.78, 5) is 11.9. The summed E-state index contributed by atoms with van der Waals surface area (Å²) in [5.74, 6) is 0.587. The zero-order valence-corrected chi connectivity index (χ0v) is 12.6. The summed E-state index contributed by atoms with van der Waals surface area (Å²) < 4.78 is 1.69. The van der Waals surface area contributed by atoms with E-state index in [0.717, 1.165) is 37.1 Å². The maximum absolute atomic E-state index is 11.9. The molecule has 5 nitrogen and oxygen atoms in total. The van der Waals surface area contributed by atoms with Gasteiger partial charge in [-0.1, -0.05) is 6.92 Å². The Bertz CT molecular complexity index is 473. The van der Waals surface area contributed by atoms with Crippen LogP contribution in [0.1, 0.15) is 44.0 Å². The van der Waals surface area contributed by atoms with E-state index in [4.69, 9.17) is 0 Å². The molecule has 0 aliphatic heterocycles. The Hall–Kier alpha value is -1.36. The molecule has 1 aromatic heterocycles. The van der Waals surface area contributed by atoms with Crippen LogP contribution in [0, 0.1) is 19.8 Å². The number of carbonyl (C=O) groups is 1. The predicted octanol–water partition coefficient (Wildman–Crippen LogP) is 1.56. The van der Waals surface area contributed by atoms with Crippen LogP contribution in [0.3, 0.4) is 0 Å². The minimum atomic E-state index is -0.725. The molecule has 0 spiro atoms. The number of nitrogens with one attached hydrogen (secondary N) is 1. The molecule has 1 amide bonds. The zero-order chi connectivity index (χ0) is 14.8. The number of rotatable bonds is 4. The van der Waals surface area contributed by atoms with Crippen molar-refractivity contribution in [2.24, 2.45) is 5.92 Å². The van der Waals surface area contributed by atoms with Gasteiger partial charge in [0.1, 0.15) is 6.54 Å². The van der Waals surface area contributed by atoms with E-state index in [-0.39, 0.29) is 12.5 Å². The van der Waals surface area contributed by atoms with E-state index >= 15 is 0 Å². The summed E-state index contributed by atoms with van der Waals surface area (Å²) in [6.45, 7) is 6.61. The van der Waals surface area contributed by atoms with E-state index in [0.29, 0.717) is 12.5 Å². The third kappa shape index (κ3) is 3.82. The Morgan fingerprint density at radius 1 is 1.50 bits per heavy atom. The molecule has 0 bridgehead atoms. The maximum atomic E-state index is 11.9. The highest BCUT2D eigenvalue weighted by molar-refractivity contribution is 5.75. The molecule has 20 heavy (non-hydrogen) atoms. The van der Waals surface area contributed by atoms with Gasteiger partial charge in [-0.25, -0.2) is 0 Å². The summed E-state index contributed by atoms with van der Waals surface area (Å²) >= 11 is 0. The van der Waals surface area contributed by atoms with Crippen molar-refractivity contribution in [2.75, 3.05) is 6.54 Å². The predicted molar refractivity (Wildman–Crippen MR) is 77.3 cm³/mol. The number of aryl methyl sites for hydroxylation is 2. The van der Waals surface area contributed by atoms with Crippen LogP contribution < -0.4 is 5.32 Å². The fourth-order valence-electron chi connectivity index (χ4n) is 2.77. The second-order valence-electron chi connectivity index (χ2n) is 6.27. The van der Waals surface area contributed by atoms with Gasteiger partial charge in [-0.15, -0.1) is 0 Å². The van der Waals surface area contributed by atoms with Crippen LogP contribution in [0.5, 0.6) is 0 Å². The number of aliphatic hydroxyl groups is 1. The molecule has 2 N–H and O–H groups in total. The van der Waals surface area contributed by atoms with Crippen LogP contribution in [-0.2, 0) is 11.3 Å². The average Bonchev–Trinajstić information content (AvgIpc) is 2.70. The largest absolute Gasteiger partial charge is 0.388 e. The first kappa shape index (κ1) is 15.0. The van der Waals surface area contributed by atoms with Crippen LogP contribution in [0.2, 0.25) is 0 Å². The van der Waals surface area contributed by atoms with Crippen molar-refractivity contribution < 1.29 is 9.90 Å². The molecular formula is C15H25N3O2. The molecule has 1 aromatic rings. The van der Waals surface area contributed by atoms with Crippen molar-refractivity contribution in [3.05, 3.63) is 17.5 Å². The molecule has 5 heteroatoms. The standard InChI is InChI=1S/C15H25N3O2/c1-11-4-6-15(20,7-5-11)10-16-14(19)9-18-13(3)8-12(2)17-18/h8,11,20H,4-7,9-10H2,1-3H3,(H,16,19). The Labute approximate surface area is 120 Å². The minimum Gasteiger partial charge on any atom is -0.388 e. The lowest BCUT2D eigenvalue weighted by atomic mass is 9.79. The van der Waals surface area contributed by atoms with Gasteiger partial charge in [-0.05, 0) is 51.5 Å². The number of hydrogen-bond acceptors (Lipinski definition) is 3. The molecule has 2 rings (SSSR count). The lowest BCUT2D eigenvalue weighted by Gasteiger charge is -2.34. The molecule has 0 atom stereocenters. The Balaban J connectivity index is 1.82. The van der Waals surface area contributed by atoms with Crippen LogP contribution in [-0.4, -0.2) is 32.9 Å². The molecule has 0 radical (unpaired) electrons. The highest BCUT2D eigenvalue weighted by atomic mass is 16.3. The van der Waals surface area contributed by atoms with E-state index in [1.54, 1.807) is 4.68 Å². The monoisotopic (exact) mass is 279 g/mol. The highest BCUT2D eigenvalue weighted by Crippen LogP contribution is 2.31. The molecular weight excluding hydrogens is 254 g/mol. The number of hydrogen-bond donors (Lipinski definition) is 2. The first-order chi connectivity index (χ1) is 9.38. The number of nitrogens with zero attached hydrogens (tertiary/aromatic N) is 2. The Morgan fingerprint density at radius 3 is 2.70 bits per heavy atom. The van der Waals surface area contributed by atoms with Crippen molar-refractivity contribution in [1.29, 1.82) is 0 Å². The third-order valence-electron chi connectivity index (χ3n) is 4.22. The third-order valence-corrected chi connectivity index (χ3v) is 4.22. The molecule has 0 aromatic carbocycles. The van der Waals surface area contributed by atoms with E-state index in [1.165, 1.54) is 0 Å². The van der Waals surface area contributed by atoms with E-state index in [2.05, 4.69) is 17.3 Å². The first-order valence-corrected chi connectivity index (χ1v) is 7.38. The summed E-state index contributed by atoms with van der Waals surface area (Å²) in [5, 5.41) is 17.5. The van der Waals surface area contributed by atoms with Crippen LogP contribution >= 0.6 is 0 Å². The van der Waals surface area contributed by atoms with Crippen molar-refractivity contribution in [1.82, 2.24) is 15.1 Å². The summed E-state index contributed by atoms with van der Waals surface area (Å²) in [6.07, 6.45) is 3.61. The fraction of sp³-hybridized carbons (Fsp3) is 0.733. The van der Waals surface area contributed by atoms with Gasteiger partial charge in [-0.3, -0.25) is 9.48 Å². The topological polar surface area (TPSA) is 67.2 Å². The van der Waals surface area contributed by atoms with Gasteiger partial charge >= 0.3 is 0 Å². The smallest absolute Gasteiger partial charge is 0.241 e. The fourth-order valence-corrected chi connectivity index (χ4v) is 2.77. The van der Waals surface area contributed by atoms with Gasteiger partial charge < -0.3 is 10.4 Å². The molecule has 1 heterocycles. The van der Waals surface area contributed by atoms with E-state index in [1.807, 2.05) is 19.9 Å². The summed E-state index contributed by atoms with van der Waals surface area (Å²) in [7, 11) is 0. The maximum Gasteiger partial charge on any atom is 0.241 e. The van der Waals surface area contributed by atoms with Gasteiger partial charge in [0.2, 0.25) is 5.91 Å². The van der Waals surface area contributed by atoms with E-state index in [9.17, 15) is 9.90 Å². The Morgan fingerprint density at radius 2 is 2.15 bits per heavy atom. The van der Waals surface area contributed by atoms with Crippen LogP contribution in [0.25, 0.3) is 0 Å². The summed E-state index contributed by atoms with van der Waals surface area (Å²) in [5.41, 5.74) is 1.16. The molecule has 0 unspecified atom stereocenters.